The highest BCUT2D eigenvalue weighted by Gasteiger charge is 2.19. The maximum Gasteiger partial charge on any atom is 0.188 e. The molecule has 4 rings (SSSR count). The lowest BCUT2D eigenvalue weighted by Gasteiger charge is -2.19. The van der Waals surface area contributed by atoms with Crippen molar-refractivity contribution >= 4 is 11.4 Å². The SMILES string of the molecule is COCOc1ccc(Cc2c(C)cc(OCc3ccccc3)c(C)c2C)nc1C1=CC(=O)CCC1. The summed E-state index contributed by atoms with van der Waals surface area (Å²) < 4.78 is 17.0. The summed E-state index contributed by atoms with van der Waals surface area (Å²) in [4.78, 5) is 17.0. The number of ether oxygens (including phenoxy) is 3. The summed E-state index contributed by atoms with van der Waals surface area (Å²) in [6.45, 7) is 7.05. The number of hydrogen-bond acceptors (Lipinski definition) is 5. The first-order valence-corrected chi connectivity index (χ1v) is 12.1. The number of aryl methyl sites for hydroxylation is 1. The monoisotopic (exact) mass is 471 g/mol. The molecule has 0 radical (unpaired) electrons. The summed E-state index contributed by atoms with van der Waals surface area (Å²) in [6, 6.07) is 16.3. The second kappa shape index (κ2) is 11.3. The number of nitrogens with zero attached hydrogens (tertiary/aromatic N) is 1. The molecule has 182 valence electrons. The van der Waals surface area contributed by atoms with Gasteiger partial charge in [-0.05, 0) is 91.3 Å². The molecule has 0 atom stereocenters. The van der Waals surface area contributed by atoms with Gasteiger partial charge in [-0.2, -0.15) is 0 Å². The number of allylic oxidation sites excluding steroid dienone is 2. The Bertz CT molecular complexity index is 1230. The Morgan fingerprint density at radius 2 is 1.71 bits per heavy atom. The molecule has 0 aliphatic heterocycles. The quantitative estimate of drug-likeness (QED) is 0.343. The van der Waals surface area contributed by atoms with Gasteiger partial charge in [-0.15, -0.1) is 0 Å². The minimum Gasteiger partial charge on any atom is -0.489 e. The lowest BCUT2D eigenvalue weighted by Crippen LogP contribution is -2.09. The lowest BCUT2D eigenvalue weighted by molar-refractivity contribution is -0.114. The van der Waals surface area contributed by atoms with Crippen molar-refractivity contribution in [2.75, 3.05) is 13.9 Å². The highest BCUT2D eigenvalue weighted by atomic mass is 16.7. The molecule has 5 heteroatoms. The summed E-state index contributed by atoms with van der Waals surface area (Å²) in [6.07, 6.45) is 4.65. The number of aromatic nitrogens is 1. The zero-order valence-corrected chi connectivity index (χ0v) is 21.0. The van der Waals surface area contributed by atoms with Crippen LogP contribution < -0.4 is 9.47 Å². The molecule has 35 heavy (non-hydrogen) atoms. The molecule has 3 aromatic rings. The fraction of sp³-hybridized carbons (Fsp3) is 0.333. The Kier molecular flexibility index (Phi) is 7.98. The zero-order valence-electron chi connectivity index (χ0n) is 21.0. The van der Waals surface area contributed by atoms with Crippen LogP contribution in [0.1, 0.15) is 58.5 Å². The molecule has 0 saturated carbocycles. The van der Waals surface area contributed by atoms with Gasteiger partial charge in [0.15, 0.2) is 12.6 Å². The second-order valence-corrected chi connectivity index (χ2v) is 9.06. The Morgan fingerprint density at radius 1 is 0.914 bits per heavy atom. The van der Waals surface area contributed by atoms with Crippen LogP contribution >= 0.6 is 0 Å². The number of carbonyl (C=O) groups is 1. The third-order valence-electron chi connectivity index (χ3n) is 6.56. The fourth-order valence-electron chi connectivity index (χ4n) is 4.47. The summed E-state index contributed by atoms with van der Waals surface area (Å²) in [5.74, 6) is 1.70. The molecule has 1 aromatic heterocycles. The number of methoxy groups -OCH3 is 1. The van der Waals surface area contributed by atoms with Crippen LogP contribution in [0.25, 0.3) is 5.57 Å². The van der Waals surface area contributed by atoms with Crippen LogP contribution in [0, 0.1) is 20.8 Å². The van der Waals surface area contributed by atoms with E-state index in [1.165, 1.54) is 16.7 Å². The standard InChI is InChI=1S/C30H33NO4/c1-20-15-29(34-18-23-9-6-5-7-10-23)22(3)21(2)27(20)17-25-13-14-28(35-19-33-4)30(31-25)24-11-8-12-26(32)16-24/h5-7,9-10,13-16H,8,11-12,17-19H2,1-4H3. The summed E-state index contributed by atoms with van der Waals surface area (Å²) in [5, 5.41) is 0. The third kappa shape index (κ3) is 5.98. The van der Waals surface area contributed by atoms with Crippen molar-refractivity contribution in [1.29, 1.82) is 0 Å². The minimum atomic E-state index is 0.136. The highest BCUT2D eigenvalue weighted by molar-refractivity contribution is 5.98. The number of benzene rings is 2. The molecule has 0 N–H and O–H groups in total. The molecular weight excluding hydrogens is 438 g/mol. The van der Waals surface area contributed by atoms with E-state index in [0.29, 0.717) is 25.2 Å². The maximum absolute atomic E-state index is 12.1. The van der Waals surface area contributed by atoms with Gasteiger partial charge < -0.3 is 14.2 Å². The average molecular weight is 472 g/mol. The second-order valence-electron chi connectivity index (χ2n) is 9.06. The van der Waals surface area contributed by atoms with Gasteiger partial charge in [-0.3, -0.25) is 4.79 Å². The van der Waals surface area contributed by atoms with E-state index < -0.39 is 0 Å². The van der Waals surface area contributed by atoms with E-state index in [1.54, 1.807) is 13.2 Å². The van der Waals surface area contributed by atoms with Gasteiger partial charge in [-0.1, -0.05) is 30.3 Å². The van der Waals surface area contributed by atoms with Gasteiger partial charge in [0.25, 0.3) is 0 Å². The first-order chi connectivity index (χ1) is 17.0. The number of ketones is 1. The first kappa shape index (κ1) is 24.7. The summed E-state index contributed by atoms with van der Waals surface area (Å²) >= 11 is 0. The zero-order chi connectivity index (χ0) is 24.8. The van der Waals surface area contributed by atoms with Gasteiger partial charge in [0, 0.05) is 25.6 Å². The smallest absolute Gasteiger partial charge is 0.188 e. The maximum atomic E-state index is 12.1. The van der Waals surface area contributed by atoms with Gasteiger partial charge in [0.05, 0.1) is 0 Å². The van der Waals surface area contributed by atoms with Crippen LogP contribution in [0.2, 0.25) is 0 Å². The average Bonchev–Trinajstić information content (AvgIpc) is 2.87. The van der Waals surface area contributed by atoms with Crippen LogP contribution in [0.4, 0.5) is 0 Å². The van der Waals surface area contributed by atoms with Crippen molar-refractivity contribution in [2.45, 2.75) is 53.1 Å². The van der Waals surface area contributed by atoms with E-state index >= 15 is 0 Å². The number of hydrogen-bond donors (Lipinski definition) is 0. The van der Waals surface area contributed by atoms with Crippen LogP contribution in [0.15, 0.2) is 54.6 Å². The van der Waals surface area contributed by atoms with Crippen LogP contribution in [0.3, 0.4) is 0 Å². The van der Waals surface area contributed by atoms with E-state index in [-0.39, 0.29) is 12.6 Å². The van der Waals surface area contributed by atoms with Crippen LogP contribution in [-0.2, 0) is 22.6 Å². The van der Waals surface area contributed by atoms with Crippen molar-refractivity contribution in [3.05, 3.63) is 93.8 Å². The normalized spacial score (nSPS) is 13.5. The Labute approximate surface area is 207 Å². The van der Waals surface area contributed by atoms with Gasteiger partial charge >= 0.3 is 0 Å². The minimum absolute atomic E-state index is 0.136. The lowest BCUT2D eigenvalue weighted by atomic mass is 9.93. The van der Waals surface area contributed by atoms with E-state index in [4.69, 9.17) is 19.2 Å². The Balaban J connectivity index is 1.61. The number of pyridine rings is 1. The van der Waals surface area contributed by atoms with Gasteiger partial charge in [0.1, 0.15) is 23.8 Å². The van der Waals surface area contributed by atoms with E-state index in [9.17, 15) is 4.79 Å². The predicted molar refractivity (Wildman–Crippen MR) is 138 cm³/mol. The molecule has 2 aromatic carbocycles. The van der Waals surface area contributed by atoms with E-state index in [0.717, 1.165) is 46.7 Å². The van der Waals surface area contributed by atoms with E-state index in [1.807, 2.05) is 30.3 Å². The predicted octanol–water partition coefficient (Wildman–Crippen LogP) is 6.30. The molecule has 1 aliphatic carbocycles. The van der Waals surface area contributed by atoms with Crippen LogP contribution in [0.5, 0.6) is 11.5 Å². The third-order valence-corrected chi connectivity index (χ3v) is 6.56. The van der Waals surface area contributed by atoms with Gasteiger partial charge in [-0.25, -0.2) is 4.98 Å². The highest BCUT2D eigenvalue weighted by Crippen LogP contribution is 2.33. The van der Waals surface area contributed by atoms with Crippen molar-refractivity contribution in [3.63, 3.8) is 0 Å². The molecule has 5 nitrogen and oxygen atoms in total. The molecular formula is C30H33NO4. The topological polar surface area (TPSA) is 57.6 Å². The van der Waals surface area contributed by atoms with Crippen molar-refractivity contribution in [2.24, 2.45) is 0 Å². The molecule has 0 fully saturated rings. The van der Waals surface area contributed by atoms with Crippen LogP contribution in [-0.4, -0.2) is 24.7 Å². The molecule has 1 aliphatic rings. The largest absolute Gasteiger partial charge is 0.489 e. The van der Waals surface area contributed by atoms with Crippen molar-refractivity contribution < 1.29 is 19.0 Å². The molecule has 0 unspecified atom stereocenters. The molecule has 0 spiro atoms. The molecule has 0 bridgehead atoms. The Hall–Kier alpha value is -3.44. The summed E-state index contributed by atoms with van der Waals surface area (Å²) in [7, 11) is 1.59. The first-order valence-electron chi connectivity index (χ1n) is 12.1. The van der Waals surface area contributed by atoms with Crippen molar-refractivity contribution in [1.82, 2.24) is 4.98 Å². The van der Waals surface area contributed by atoms with Crippen molar-refractivity contribution in [3.8, 4) is 11.5 Å². The Morgan fingerprint density at radius 3 is 2.46 bits per heavy atom. The number of carbonyl (C=O) groups excluding carboxylic acids is 1. The molecule has 0 saturated heterocycles. The van der Waals surface area contributed by atoms with E-state index in [2.05, 4.69) is 39.0 Å². The summed E-state index contributed by atoms with van der Waals surface area (Å²) in [5.41, 5.74) is 8.52. The molecule has 0 amide bonds. The van der Waals surface area contributed by atoms with Gasteiger partial charge in [0.2, 0.25) is 0 Å². The molecule has 1 heterocycles. The fourth-order valence-corrected chi connectivity index (χ4v) is 4.47. The number of rotatable bonds is 9.